The Bertz CT molecular complexity index is 766. The predicted octanol–water partition coefficient (Wildman–Crippen LogP) is 2.50. The maximum absolute atomic E-state index is 12.4. The third kappa shape index (κ3) is 5.50. The van der Waals surface area contributed by atoms with E-state index in [1.54, 1.807) is 7.11 Å². The molecule has 0 aliphatic carbocycles. The average Bonchev–Trinajstić information content (AvgIpc) is 3.25. The Morgan fingerprint density at radius 1 is 1.41 bits per heavy atom. The molecule has 144 valence electrons. The van der Waals surface area contributed by atoms with Gasteiger partial charge in [-0.05, 0) is 42.9 Å². The highest BCUT2D eigenvalue weighted by atomic mass is 32.1. The molecule has 1 aromatic carbocycles. The molecule has 1 fully saturated rings. The number of nitrogens with one attached hydrogen (secondary N) is 1. The van der Waals surface area contributed by atoms with Crippen LogP contribution in [-0.4, -0.2) is 45.7 Å². The van der Waals surface area contributed by atoms with Crippen molar-refractivity contribution < 1.29 is 14.3 Å². The Balaban J connectivity index is 1.42. The van der Waals surface area contributed by atoms with Crippen molar-refractivity contribution in [1.82, 2.24) is 19.0 Å². The van der Waals surface area contributed by atoms with Gasteiger partial charge in [0.2, 0.25) is 5.91 Å². The Kier molecular flexibility index (Phi) is 6.75. The molecule has 0 spiro atoms. The second kappa shape index (κ2) is 9.45. The van der Waals surface area contributed by atoms with E-state index in [2.05, 4.69) is 14.1 Å². The van der Waals surface area contributed by atoms with Crippen molar-refractivity contribution in [3.63, 3.8) is 0 Å². The molecule has 1 aliphatic rings. The fraction of sp³-hybridized carbons (Fsp3) is 0.474. The molecule has 1 atom stereocenters. The summed E-state index contributed by atoms with van der Waals surface area (Å²) in [5, 5.41) is 2.95. The number of methoxy groups -OCH3 is 1. The predicted molar refractivity (Wildman–Crippen MR) is 103 cm³/mol. The smallest absolute Gasteiger partial charge is 0.275 e. The highest BCUT2D eigenvalue weighted by molar-refractivity contribution is 6.99. The Morgan fingerprint density at radius 3 is 3.07 bits per heavy atom. The zero-order valence-electron chi connectivity index (χ0n) is 15.4. The number of benzene rings is 1. The van der Waals surface area contributed by atoms with E-state index in [4.69, 9.17) is 4.74 Å². The van der Waals surface area contributed by atoms with E-state index >= 15 is 0 Å². The average molecular weight is 388 g/mol. The minimum Gasteiger partial charge on any atom is -0.497 e. The number of aromatic nitrogens is 2. The number of piperidine rings is 1. The van der Waals surface area contributed by atoms with Crippen LogP contribution in [0.15, 0.2) is 30.5 Å². The molecule has 0 radical (unpaired) electrons. The summed E-state index contributed by atoms with van der Waals surface area (Å²) in [7, 11) is 1.63. The van der Waals surface area contributed by atoms with Crippen molar-refractivity contribution >= 4 is 23.5 Å². The number of carbonyl (C=O) groups excluding carboxylic acids is 2. The maximum Gasteiger partial charge on any atom is 0.275 e. The minimum absolute atomic E-state index is 0.0324. The summed E-state index contributed by atoms with van der Waals surface area (Å²) in [5.74, 6) is 1.10. The SMILES string of the molecule is COc1cccc(CNC(=O)CC[C@H]2CCCN(C(=O)c3cnsn3)C2)c1. The van der Waals surface area contributed by atoms with Crippen LogP contribution in [0.2, 0.25) is 0 Å². The van der Waals surface area contributed by atoms with Gasteiger partial charge in [0, 0.05) is 26.1 Å². The zero-order valence-corrected chi connectivity index (χ0v) is 16.2. The highest BCUT2D eigenvalue weighted by Gasteiger charge is 2.26. The van der Waals surface area contributed by atoms with Gasteiger partial charge in [-0.2, -0.15) is 8.75 Å². The Hall–Kier alpha value is -2.48. The van der Waals surface area contributed by atoms with Crippen molar-refractivity contribution in [2.45, 2.75) is 32.2 Å². The first-order valence-corrected chi connectivity index (χ1v) is 9.85. The van der Waals surface area contributed by atoms with Crippen LogP contribution in [0.25, 0.3) is 0 Å². The molecule has 0 bridgehead atoms. The van der Waals surface area contributed by atoms with Crippen LogP contribution in [-0.2, 0) is 11.3 Å². The van der Waals surface area contributed by atoms with Crippen LogP contribution in [0.1, 0.15) is 41.7 Å². The summed E-state index contributed by atoms with van der Waals surface area (Å²) in [4.78, 5) is 26.4. The molecule has 3 rings (SSSR count). The molecule has 2 aromatic rings. The molecule has 27 heavy (non-hydrogen) atoms. The van der Waals surface area contributed by atoms with Crippen LogP contribution in [0.5, 0.6) is 5.75 Å². The van der Waals surface area contributed by atoms with Crippen molar-refractivity contribution in [3.8, 4) is 5.75 Å². The lowest BCUT2D eigenvalue weighted by Crippen LogP contribution is -2.40. The maximum atomic E-state index is 12.4. The van der Waals surface area contributed by atoms with Crippen LogP contribution >= 0.6 is 11.7 Å². The van der Waals surface area contributed by atoms with E-state index in [-0.39, 0.29) is 11.8 Å². The number of rotatable bonds is 7. The number of carbonyl (C=O) groups is 2. The molecule has 2 amide bonds. The largest absolute Gasteiger partial charge is 0.497 e. The molecule has 1 aliphatic heterocycles. The molecule has 2 heterocycles. The van der Waals surface area contributed by atoms with Gasteiger partial charge in [0.25, 0.3) is 5.91 Å². The third-order valence-corrected chi connectivity index (χ3v) is 5.27. The molecular weight excluding hydrogens is 364 g/mol. The van der Waals surface area contributed by atoms with Gasteiger partial charge in [0.15, 0.2) is 5.69 Å². The fourth-order valence-corrected chi connectivity index (χ4v) is 3.72. The van der Waals surface area contributed by atoms with Gasteiger partial charge in [-0.3, -0.25) is 9.59 Å². The van der Waals surface area contributed by atoms with Crippen molar-refractivity contribution in [2.24, 2.45) is 5.92 Å². The summed E-state index contributed by atoms with van der Waals surface area (Å²) in [6.07, 6.45) is 4.77. The second-order valence-corrected chi connectivity index (χ2v) is 7.28. The quantitative estimate of drug-likeness (QED) is 0.788. The molecule has 8 heteroatoms. The van der Waals surface area contributed by atoms with Crippen molar-refractivity contribution in [3.05, 3.63) is 41.7 Å². The number of amides is 2. The summed E-state index contributed by atoms with van der Waals surface area (Å²) < 4.78 is 13.1. The Labute approximate surface area is 163 Å². The lowest BCUT2D eigenvalue weighted by atomic mass is 9.93. The van der Waals surface area contributed by atoms with Crippen molar-refractivity contribution in [1.29, 1.82) is 0 Å². The molecule has 0 unspecified atom stereocenters. The summed E-state index contributed by atoms with van der Waals surface area (Å²) in [6, 6.07) is 7.66. The Morgan fingerprint density at radius 2 is 2.30 bits per heavy atom. The van der Waals surface area contributed by atoms with E-state index in [1.165, 1.54) is 6.20 Å². The molecule has 0 saturated carbocycles. The molecule has 1 aromatic heterocycles. The molecule has 7 nitrogen and oxygen atoms in total. The van der Waals surface area contributed by atoms with Gasteiger partial charge >= 0.3 is 0 Å². The summed E-state index contributed by atoms with van der Waals surface area (Å²) >= 11 is 1.04. The van der Waals surface area contributed by atoms with Gasteiger partial charge in [-0.15, -0.1) is 0 Å². The normalized spacial score (nSPS) is 16.8. The first-order chi connectivity index (χ1) is 13.2. The second-order valence-electron chi connectivity index (χ2n) is 6.72. The topological polar surface area (TPSA) is 84.4 Å². The van der Waals surface area contributed by atoms with E-state index in [0.717, 1.165) is 48.8 Å². The molecule has 1 N–H and O–H groups in total. The van der Waals surface area contributed by atoms with Gasteiger partial charge in [-0.25, -0.2) is 0 Å². The van der Waals surface area contributed by atoms with E-state index in [0.29, 0.717) is 31.1 Å². The standard InChI is InChI=1S/C19H24N4O3S/c1-26-16-6-2-4-15(10-16)11-20-18(24)8-7-14-5-3-9-23(13-14)19(25)17-12-21-27-22-17/h2,4,6,10,12,14H,3,5,7-9,11,13H2,1H3,(H,20,24)/t14-/m1/s1. The number of nitrogens with zero attached hydrogens (tertiary/aromatic N) is 3. The highest BCUT2D eigenvalue weighted by Crippen LogP contribution is 2.22. The van der Waals surface area contributed by atoms with Gasteiger partial charge in [0.1, 0.15) is 5.75 Å². The monoisotopic (exact) mass is 388 g/mol. The minimum atomic E-state index is -0.0593. The van der Waals surface area contributed by atoms with Crippen molar-refractivity contribution in [2.75, 3.05) is 20.2 Å². The van der Waals surface area contributed by atoms with Crippen LogP contribution in [0.3, 0.4) is 0 Å². The molecule has 1 saturated heterocycles. The zero-order chi connectivity index (χ0) is 19.1. The van der Waals surface area contributed by atoms with E-state index in [9.17, 15) is 9.59 Å². The lowest BCUT2D eigenvalue weighted by molar-refractivity contribution is -0.121. The summed E-state index contributed by atoms with van der Waals surface area (Å²) in [5.41, 5.74) is 1.42. The first kappa shape index (κ1) is 19.3. The number of hydrogen-bond acceptors (Lipinski definition) is 6. The number of hydrogen-bond donors (Lipinski definition) is 1. The van der Waals surface area contributed by atoms with Gasteiger partial charge < -0.3 is 15.0 Å². The third-order valence-electron chi connectivity index (χ3n) is 4.79. The van der Waals surface area contributed by atoms with Gasteiger partial charge in [0.05, 0.1) is 25.0 Å². The fourth-order valence-electron chi connectivity index (χ4n) is 3.31. The number of likely N-dealkylation sites (tertiary alicyclic amines) is 1. The lowest BCUT2D eigenvalue weighted by Gasteiger charge is -2.32. The van der Waals surface area contributed by atoms with Gasteiger partial charge in [-0.1, -0.05) is 12.1 Å². The van der Waals surface area contributed by atoms with Crippen LogP contribution in [0, 0.1) is 5.92 Å². The molecular formula is C19H24N4O3S. The number of ether oxygens (including phenoxy) is 1. The van der Waals surface area contributed by atoms with E-state index < -0.39 is 0 Å². The van der Waals surface area contributed by atoms with Crippen LogP contribution in [0.4, 0.5) is 0 Å². The van der Waals surface area contributed by atoms with E-state index in [1.807, 2.05) is 29.2 Å². The first-order valence-electron chi connectivity index (χ1n) is 9.12. The summed E-state index contributed by atoms with van der Waals surface area (Å²) in [6.45, 7) is 1.91. The van der Waals surface area contributed by atoms with Crippen LogP contribution < -0.4 is 10.1 Å².